The molecule has 0 amide bonds. The number of carbonyl (C=O) groups excluding carboxylic acids is 2. The molecule has 2 bridgehead atoms. The molecule has 4 rings (SSSR count). The fourth-order valence-corrected chi connectivity index (χ4v) is 5.75. The van der Waals surface area contributed by atoms with Crippen LogP contribution in [0.3, 0.4) is 0 Å². The van der Waals surface area contributed by atoms with Crippen LogP contribution >= 0.6 is 0 Å². The predicted molar refractivity (Wildman–Crippen MR) is 150 cm³/mol. The minimum atomic E-state index is -0.835. The van der Waals surface area contributed by atoms with Crippen molar-refractivity contribution in [2.24, 2.45) is 5.92 Å². The summed E-state index contributed by atoms with van der Waals surface area (Å²) in [6.45, 7) is 10.3. The Labute approximate surface area is 237 Å². The molecular weight excluding hydrogens is 512 g/mol. The number of ether oxygens (including phenoxy) is 5. The molecule has 0 aliphatic carbocycles. The highest BCUT2D eigenvalue weighted by Gasteiger charge is 2.47. The first-order chi connectivity index (χ1) is 19.2. The van der Waals surface area contributed by atoms with Crippen LogP contribution in [0, 0.1) is 5.92 Å². The van der Waals surface area contributed by atoms with Crippen molar-refractivity contribution in [3.63, 3.8) is 0 Å². The number of cyclic esters (lactones) is 1. The minimum absolute atomic E-state index is 0.103. The number of epoxide rings is 1. The summed E-state index contributed by atoms with van der Waals surface area (Å²) in [7, 11) is 0. The molecule has 1 saturated heterocycles. The number of fused-ring (bicyclic) bond motifs is 3. The van der Waals surface area contributed by atoms with E-state index in [9.17, 15) is 14.7 Å². The zero-order chi connectivity index (χ0) is 28.6. The van der Waals surface area contributed by atoms with Crippen molar-refractivity contribution >= 4 is 11.9 Å². The number of esters is 2. The smallest absolute Gasteiger partial charge is 0.330 e. The predicted octanol–water partition coefficient (Wildman–Crippen LogP) is 4.68. The lowest BCUT2D eigenvalue weighted by atomic mass is 9.91. The summed E-state index contributed by atoms with van der Waals surface area (Å²) in [6.07, 6.45) is 14.2. The topological polar surface area (TPSA) is 104 Å². The molecule has 0 unspecified atom stereocenters. The van der Waals surface area contributed by atoms with Gasteiger partial charge in [0.15, 0.2) is 6.10 Å². The van der Waals surface area contributed by atoms with Gasteiger partial charge in [-0.25, -0.2) is 4.79 Å². The number of rotatable bonds is 4. The maximum Gasteiger partial charge on any atom is 0.330 e. The second-order valence-corrected chi connectivity index (χ2v) is 11.6. The van der Waals surface area contributed by atoms with Crippen LogP contribution in [0.25, 0.3) is 0 Å². The maximum atomic E-state index is 12.9. The van der Waals surface area contributed by atoms with Crippen LogP contribution in [-0.2, 0) is 33.3 Å². The van der Waals surface area contributed by atoms with Gasteiger partial charge < -0.3 is 28.8 Å². The van der Waals surface area contributed by atoms with E-state index in [0.717, 1.165) is 31.3 Å². The van der Waals surface area contributed by atoms with Crippen molar-refractivity contribution in [3.8, 4) is 0 Å². The van der Waals surface area contributed by atoms with E-state index in [1.807, 2.05) is 25.2 Å². The van der Waals surface area contributed by atoms with E-state index in [4.69, 9.17) is 23.7 Å². The Kier molecular flexibility index (Phi) is 11.0. The molecule has 8 heteroatoms. The summed E-state index contributed by atoms with van der Waals surface area (Å²) in [5, 5.41) is 10.9. The third-order valence-electron chi connectivity index (χ3n) is 7.72. The Bertz CT molecular complexity index is 1030. The van der Waals surface area contributed by atoms with Crippen molar-refractivity contribution < 1.29 is 38.4 Å². The van der Waals surface area contributed by atoms with E-state index in [-0.39, 0.29) is 30.8 Å². The Morgan fingerprint density at radius 1 is 1.18 bits per heavy atom. The third-order valence-corrected chi connectivity index (χ3v) is 7.72. The Hall–Kier alpha value is -2.52. The zero-order valence-corrected chi connectivity index (χ0v) is 23.9. The highest BCUT2D eigenvalue weighted by atomic mass is 16.6. The SMILES string of the molecule is C=C1C[C@H](C)C[C@@H]2CC=C[C@@H](C/C=C/C(=O)O[C@H]([C@H](/C=C/[C@@H]3CC(C)=CCO3)OC(C)=O)C[C@H]3O[C@H]3[C@@H](O)C1)O2. The minimum Gasteiger partial charge on any atom is -0.455 e. The molecule has 9 atom stereocenters. The van der Waals surface area contributed by atoms with Crippen molar-refractivity contribution in [3.05, 3.63) is 60.3 Å². The molecule has 0 saturated carbocycles. The first-order valence-corrected chi connectivity index (χ1v) is 14.5. The van der Waals surface area contributed by atoms with E-state index in [1.54, 1.807) is 12.2 Å². The highest BCUT2D eigenvalue weighted by molar-refractivity contribution is 5.82. The average Bonchev–Trinajstić information content (AvgIpc) is 3.65. The normalized spacial score (nSPS) is 37.4. The molecule has 1 N–H and O–H groups in total. The lowest BCUT2D eigenvalue weighted by Gasteiger charge is -2.28. The highest BCUT2D eigenvalue weighted by Crippen LogP contribution is 2.35. The molecular formula is C32H44O8. The monoisotopic (exact) mass is 556 g/mol. The lowest BCUT2D eigenvalue weighted by molar-refractivity contribution is -0.160. The summed E-state index contributed by atoms with van der Waals surface area (Å²) in [6, 6.07) is 0. The molecule has 4 heterocycles. The summed E-state index contributed by atoms with van der Waals surface area (Å²) in [4.78, 5) is 24.9. The van der Waals surface area contributed by atoms with Crippen LogP contribution in [0.4, 0.5) is 0 Å². The summed E-state index contributed by atoms with van der Waals surface area (Å²) < 4.78 is 29.3. The Morgan fingerprint density at radius 3 is 2.77 bits per heavy atom. The molecule has 0 spiro atoms. The van der Waals surface area contributed by atoms with Gasteiger partial charge in [-0.2, -0.15) is 0 Å². The molecule has 1 fully saturated rings. The number of carbonyl (C=O) groups is 2. The second-order valence-electron chi connectivity index (χ2n) is 11.6. The Morgan fingerprint density at radius 2 is 2.00 bits per heavy atom. The van der Waals surface area contributed by atoms with E-state index in [0.29, 0.717) is 25.4 Å². The van der Waals surface area contributed by atoms with Crippen molar-refractivity contribution in [1.82, 2.24) is 0 Å². The number of aliphatic hydroxyl groups excluding tert-OH is 1. The van der Waals surface area contributed by atoms with Gasteiger partial charge in [-0.05, 0) is 57.4 Å². The molecule has 4 aliphatic rings. The average molecular weight is 557 g/mol. The largest absolute Gasteiger partial charge is 0.455 e. The van der Waals surface area contributed by atoms with E-state index < -0.39 is 36.4 Å². The van der Waals surface area contributed by atoms with Crippen LogP contribution in [-0.4, -0.2) is 72.5 Å². The standard InChI is InChI=1S/C32H44O8/c1-20-13-14-36-25(16-20)11-12-28(37-23(4)33)29-19-30-32(40-30)27(34)18-22(3)15-21(2)17-26-9-5-7-24(38-26)8-6-10-31(35)39-29/h5-7,10-13,21,24-30,32,34H,3,8-9,14-19H2,1-2,4H3/b10-6+,12-11+/t21-,24-,25+,26-,27-,28-,29-,30+,32-/m0/s1. The van der Waals surface area contributed by atoms with Crippen molar-refractivity contribution in [2.75, 3.05) is 6.61 Å². The van der Waals surface area contributed by atoms with Crippen LogP contribution in [0.5, 0.6) is 0 Å². The van der Waals surface area contributed by atoms with Crippen LogP contribution in [0.1, 0.15) is 65.7 Å². The molecule has 0 aromatic rings. The van der Waals surface area contributed by atoms with Gasteiger partial charge in [0.2, 0.25) is 0 Å². The summed E-state index contributed by atoms with van der Waals surface area (Å²) in [5.41, 5.74) is 2.20. The van der Waals surface area contributed by atoms with Gasteiger partial charge in [-0.1, -0.05) is 55.0 Å². The molecule has 0 aromatic carbocycles. The molecule has 40 heavy (non-hydrogen) atoms. The first kappa shape index (κ1) is 30.4. The van der Waals surface area contributed by atoms with Gasteiger partial charge in [-0.15, -0.1) is 0 Å². The second kappa shape index (κ2) is 14.4. The van der Waals surface area contributed by atoms with Crippen LogP contribution in [0.2, 0.25) is 0 Å². The van der Waals surface area contributed by atoms with E-state index >= 15 is 0 Å². The number of aliphatic hydroxyl groups is 1. The first-order valence-electron chi connectivity index (χ1n) is 14.5. The summed E-state index contributed by atoms with van der Waals surface area (Å²) >= 11 is 0. The maximum absolute atomic E-state index is 12.9. The fourth-order valence-electron chi connectivity index (χ4n) is 5.75. The zero-order valence-electron chi connectivity index (χ0n) is 23.9. The van der Waals surface area contributed by atoms with Crippen molar-refractivity contribution in [1.29, 1.82) is 0 Å². The summed E-state index contributed by atoms with van der Waals surface area (Å²) in [5.74, 6) is -0.665. The van der Waals surface area contributed by atoms with Gasteiger partial charge in [0, 0.05) is 19.4 Å². The molecule has 0 radical (unpaired) electrons. The third kappa shape index (κ3) is 9.54. The quantitative estimate of drug-likeness (QED) is 0.303. The van der Waals surface area contributed by atoms with Gasteiger partial charge in [0.25, 0.3) is 0 Å². The fraction of sp³-hybridized carbons (Fsp3) is 0.625. The molecule has 220 valence electrons. The number of hydrogen-bond acceptors (Lipinski definition) is 8. The molecule has 8 nitrogen and oxygen atoms in total. The van der Waals surface area contributed by atoms with Gasteiger partial charge >= 0.3 is 11.9 Å². The lowest BCUT2D eigenvalue weighted by Crippen LogP contribution is -2.35. The van der Waals surface area contributed by atoms with Crippen LogP contribution < -0.4 is 0 Å². The van der Waals surface area contributed by atoms with Gasteiger partial charge in [0.1, 0.15) is 12.2 Å². The number of hydrogen-bond donors (Lipinski definition) is 1. The van der Waals surface area contributed by atoms with Crippen LogP contribution in [0.15, 0.2) is 60.3 Å². The van der Waals surface area contributed by atoms with Gasteiger partial charge in [-0.3, -0.25) is 4.79 Å². The Balaban J connectivity index is 1.52. The molecule has 0 aromatic heterocycles. The van der Waals surface area contributed by atoms with Gasteiger partial charge in [0.05, 0.1) is 37.1 Å². The van der Waals surface area contributed by atoms with Crippen molar-refractivity contribution in [2.45, 2.75) is 115 Å². The van der Waals surface area contributed by atoms with E-state index in [2.05, 4.69) is 19.6 Å². The van der Waals surface area contributed by atoms with E-state index in [1.165, 1.54) is 18.6 Å². The molecule has 4 aliphatic heterocycles.